The Bertz CT molecular complexity index is 700. The first-order valence-electron chi connectivity index (χ1n) is 6.03. The minimum atomic E-state index is 0.654. The summed E-state index contributed by atoms with van der Waals surface area (Å²) >= 11 is 5.96. The van der Waals surface area contributed by atoms with Crippen LogP contribution < -0.4 is 5.32 Å². The molecule has 0 radical (unpaired) electrons. The van der Waals surface area contributed by atoms with Gasteiger partial charge in [-0.05, 0) is 17.7 Å². The molecule has 3 rings (SSSR count). The molecule has 0 amide bonds. The molecule has 2 N–H and O–H groups in total. The zero-order valence-electron chi connectivity index (χ0n) is 10.5. The Kier molecular flexibility index (Phi) is 3.23. The molecule has 5 nitrogen and oxygen atoms in total. The maximum atomic E-state index is 5.96. The Balaban J connectivity index is 1.68. The number of nitrogens with zero attached hydrogens (tertiary/aromatic N) is 3. The Morgan fingerprint density at radius 2 is 2.26 bits per heavy atom. The predicted octanol–water partition coefficient (Wildman–Crippen LogP) is 2.24. The summed E-state index contributed by atoms with van der Waals surface area (Å²) in [5, 5.41) is 9.48. The molecule has 19 heavy (non-hydrogen) atoms. The number of H-pyrrole nitrogens is 1. The van der Waals surface area contributed by atoms with Gasteiger partial charge in [0.15, 0.2) is 5.82 Å². The van der Waals surface area contributed by atoms with E-state index in [1.54, 1.807) is 11.0 Å². The summed E-state index contributed by atoms with van der Waals surface area (Å²) in [6.07, 6.45) is 3.70. The van der Waals surface area contributed by atoms with Gasteiger partial charge in [0.1, 0.15) is 6.33 Å². The van der Waals surface area contributed by atoms with Gasteiger partial charge in [0.2, 0.25) is 0 Å². The van der Waals surface area contributed by atoms with E-state index in [2.05, 4.69) is 20.4 Å². The minimum absolute atomic E-state index is 0.654. The lowest BCUT2D eigenvalue weighted by Crippen LogP contribution is -2.13. The molecule has 6 heteroatoms. The molecule has 0 bridgehead atoms. The molecule has 0 aliphatic carbocycles. The Morgan fingerprint density at radius 3 is 3.05 bits per heavy atom. The fourth-order valence-corrected chi connectivity index (χ4v) is 2.25. The van der Waals surface area contributed by atoms with E-state index >= 15 is 0 Å². The molecular weight excluding hydrogens is 262 g/mol. The third-order valence-corrected chi connectivity index (χ3v) is 3.21. The standard InChI is InChI=1S/C13H14ClN5/c1-19-8-17-13(18-19)7-15-5-9-6-16-12-4-10(14)2-3-11(9)12/h2-4,6,8,15-16H,5,7H2,1H3. The number of fused-ring (bicyclic) bond motifs is 1. The average molecular weight is 276 g/mol. The zero-order chi connectivity index (χ0) is 13.2. The Hall–Kier alpha value is -1.85. The van der Waals surface area contributed by atoms with Crippen LogP contribution in [-0.2, 0) is 20.1 Å². The lowest BCUT2D eigenvalue weighted by atomic mass is 10.2. The summed E-state index contributed by atoms with van der Waals surface area (Å²) < 4.78 is 1.70. The molecule has 1 aromatic carbocycles. The normalized spacial score (nSPS) is 11.3. The van der Waals surface area contributed by atoms with Gasteiger partial charge in [-0.1, -0.05) is 17.7 Å². The third-order valence-electron chi connectivity index (χ3n) is 2.98. The van der Waals surface area contributed by atoms with Crippen molar-refractivity contribution in [3.63, 3.8) is 0 Å². The average Bonchev–Trinajstić information content (AvgIpc) is 2.96. The molecule has 0 aliphatic heterocycles. The highest BCUT2D eigenvalue weighted by atomic mass is 35.5. The second-order valence-corrected chi connectivity index (χ2v) is 4.88. The van der Waals surface area contributed by atoms with Gasteiger partial charge in [0.25, 0.3) is 0 Å². The van der Waals surface area contributed by atoms with E-state index in [4.69, 9.17) is 11.6 Å². The van der Waals surface area contributed by atoms with Gasteiger partial charge in [-0.2, -0.15) is 5.10 Å². The lowest BCUT2D eigenvalue weighted by Gasteiger charge is -2.01. The lowest BCUT2D eigenvalue weighted by molar-refractivity contribution is 0.651. The van der Waals surface area contributed by atoms with Crippen molar-refractivity contribution < 1.29 is 0 Å². The van der Waals surface area contributed by atoms with E-state index in [0.29, 0.717) is 6.54 Å². The number of halogens is 1. The van der Waals surface area contributed by atoms with Crippen molar-refractivity contribution in [3.8, 4) is 0 Å². The van der Waals surface area contributed by atoms with Crippen molar-refractivity contribution in [2.75, 3.05) is 0 Å². The highest BCUT2D eigenvalue weighted by Crippen LogP contribution is 2.21. The largest absolute Gasteiger partial charge is 0.361 e. The Labute approximate surface area is 115 Å². The molecule has 0 fully saturated rings. The summed E-state index contributed by atoms with van der Waals surface area (Å²) in [4.78, 5) is 7.39. The molecule has 2 heterocycles. The highest BCUT2D eigenvalue weighted by molar-refractivity contribution is 6.31. The number of nitrogens with one attached hydrogen (secondary N) is 2. The number of hydrogen-bond acceptors (Lipinski definition) is 3. The summed E-state index contributed by atoms with van der Waals surface area (Å²) in [6, 6.07) is 5.87. The van der Waals surface area contributed by atoms with Crippen LogP contribution in [0.5, 0.6) is 0 Å². The maximum absolute atomic E-state index is 5.96. The monoisotopic (exact) mass is 275 g/mol. The molecular formula is C13H14ClN5. The molecule has 98 valence electrons. The molecule has 3 aromatic rings. The van der Waals surface area contributed by atoms with Crippen LogP contribution in [0.25, 0.3) is 10.9 Å². The summed E-state index contributed by atoms with van der Waals surface area (Å²) in [5.41, 5.74) is 2.27. The van der Waals surface area contributed by atoms with Crippen molar-refractivity contribution in [1.82, 2.24) is 25.1 Å². The molecule has 0 atom stereocenters. The first-order chi connectivity index (χ1) is 9.22. The quantitative estimate of drug-likeness (QED) is 0.768. The SMILES string of the molecule is Cn1cnc(CNCc2c[nH]c3cc(Cl)ccc23)n1. The fraction of sp³-hybridized carbons (Fsp3) is 0.231. The fourth-order valence-electron chi connectivity index (χ4n) is 2.08. The smallest absolute Gasteiger partial charge is 0.164 e. The minimum Gasteiger partial charge on any atom is -0.361 e. The first kappa shape index (κ1) is 12.2. The van der Waals surface area contributed by atoms with Crippen molar-refractivity contribution in [1.29, 1.82) is 0 Å². The topological polar surface area (TPSA) is 58.5 Å². The van der Waals surface area contributed by atoms with Crippen LogP contribution >= 0.6 is 11.6 Å². The molecule has 0 aliphatic rings. The van der Waals surface area contributed by atoms with Crippen LogP contribution in [0.3, 0.4) is 0 Å². The molecule has 0 spiro atoms. The van der Waals surface area contributed by atoms with Gasteiger partial charge in [0.05, 0.1) is 6.54 Å². The van der Waals surface area contributed by atoms with Crippen molar-refractivity contribution in [2.45, 2.75) is 13.1 Å². The number of aromatic amines is 1. The maximum Gasteiger partial charge on any atom is 0.164 e. The molecule has 0 saturated carbocycles. The molecule has 0 saturated heterocycles. The third kappa shape index (κ3) is 2.62. The summed E-state index contributed by atoms with van der Waals surface area (Å²) in [5.74, 6) is 0.797. The van der Waals surface area contributed by atoms with Crippen LogP contribution in [-0.4, -0.2) is 19.7 Å². The highest BCUT2D eigenvalue weighted by Gasteiger charge is 2.04. The second-order valence-electron chi connectivity index (χ2n) is 4.44. The first-order valence-corrected chi connectivity index (χ1v) is 6.41. The van der Waals surface area contributed by atoms with Crippen molar-refractivity contribution in [3.05, 3.63) is 47.1 Å². The van der Waals surface area contributed by atoms with Crippen molar-refractivity contribution in [2.24, 2.45) is 7.05 Å². The summed E-state index contributed by atoms with van der Waals surface area (Å²) in [7, 11) is 1.86. The van der Waals surface area contributed by atoms with Gasteiger partial charge in [0, 0.05) is 35.7 Å². The Morgan fingerprint density at radius 1 is 1.37 bits per heavy atom. The van der Waals surface area contributed by atoms with E-state index < -0.39 is 0 Å². The van der Waals surface area contributed by atoms with Gasteiger partial charge < -0.3 is 10.3 Å². The van der Waals surface area contributed by atoms with Crippen LogP contribution in [0.2, 0.25) is 5.02 Å². The number of aromatic nitrogens is 4. The van der Waals surface area contributed by atoms with Crippen LogP contribution in [0, 0.1) is 0 Å². The number of aryl methyl sites for hydroxylation is 1. The van der Waals surface area contributed by atoms with Crippen LogP contribution in [0.4, 0.5) is 0 Å². The predicted molar refractivity (Wildman–Crippen MR) is 74.9 cm³/mol. The second kappa shape index (κ2) is 5.03. The summed E-state index contributed by atoms with van der Waals surface area (Å²) in [6.45, 7) is 1.42. The van der Waals surface area contributed by atoms with Gasteiger partial charge in [-0.25, -0.2) is 4.98 Å². The van der Waals surface area contributed by atoms with Crippen LogP contribution in [0.15, 0.2) is 30.7 Å². The number of hydrogen-bond donors (Lipinski definition) is 2. The van der Waals surface area contributed by atoms with Crippen LogP contribution in [0.1, 0.15) is 11.4 Å². The molecule has 0 unspecified atom stereocenters. The zero-order valence-corrected chi connectivity index (χ0v) is 11.3. The van der Waals surface area contributed by atoms with E-state index in [0.717, 1.165) is 22.9 Å². The number of rotatable bonds is 4. The van der Waals surface area contributed by atoms with E-state index in [9.17, 15) is 0 Å². The molecule has 2 aromatic heterocycles. The van der Waals surface area contributed by atoms with E-state index in [1.165, 1.54) is 10.9 Å². The van der Waals surface area contributed by atoms with Crippen molar-refractivity contribution >= 4 is 22.5 Å². The van der Waals surface area contributed by atoms with E-state index in [-0.39, 0.29) is 0 Å². The van der Waals surface area contributed by atoms with E-state index in [1.807, 2.05) is 31.4 Å². The number of benzene rings is 1. The van der Waals surface area contributed by atoms with Gasteiger partial charge >= 0.3 is 0 Å². The van der Waals surface area contributed by atoms with Gasteiger partial charge in [-0.15, -0.1) is 0 Å². The van der Waals surface area contributed by atoms with Gasteiger partial charge in [-0.3, -0.25) is 4.68 Å².